The van der Waals surface area contributed by atoms with Crippen LogP contribution in [-0.4, -0.2) is 43.5 Å². The van der Waals surface area contributed by atoms with Gasteiger partial charge in [0, 0.05) is 42.3 Å². The first-order valence-electron chi connectivity index (χ1n) is 9.59. The largest absolute Gasteiger partial charge is 0.459 e. The lowest BCUT2D eigenvalue weighted by Crippen LogP contribution is -2.49. The molecule has 1 saturated heterocycles. The average Bonchev–Trinajstić information content (AvgIpc) is 3.13. The first-order valence-corrected chi connectivity index (χ1v) is 9.97. The Kier molecular flexibility index (Phi) is 5.55. The molecule has 0 spiro atoms. The van der Waals surface area contributed by atoms with Gasteiger partial charge in [0.05, 0.1) is 12.6 Å². The van der Waals surface area contributed by atoms with Gasteiger partial charge in [-0.3, -0.25) is 9.69 Å². The Morgan fingerprint density at radius 3 is 2.64 bits per heavy atom. The molecule has 1 amide bonds. The zero-order valence-electron chi connectivity index (χ0n) is 15.9. The molecule has 146 valence electrons. The maximum atomic E-state index is 12.5. The molecule has 1 atom stereocenters. The minimum absolute atomic E-state index is 0.0177. The third kappa shape index (κ3) is 4.32. The van der Waals surface area contributed by atoms with Crippen LogP contribution in [0.5, 0.6) is 0 Å². The summed E-state index contributed by atoms with van der Waals surface area (Å²) >= 11 is 6.09. The number of nitrogens with one attached hydrogen (secondary N) is 1. The number of para-hydroxylation sites is 1. The van der Waals surface area contributed by atoms with Crippen LogP contribution in [0.4, 0.5) is 5.69 Å². The first kappa shape index (κ1) is 18.8. The number of benzene rings is 2. The van der Waals surface area contributed by atoms with Crippen molar-refractivity contribution in [2.75, 3.05) is 37.6 Å². The van der Waals surface area contributed by atoms with Gasteiger partial charge in [-0.1, -0.05) is 35.9 Å². The van der Waals surface area contributed by atoms with E-state index >= 15 is 0 Å². The highest BCUT2D eigenvalue weighted by atomic mass is 35.5. The van der Waals surface area contributed by atoms with Crippen LogP contribution < -0.4 is 10.2 Å². The minimum Gasteiger partial charge on any atom is -0.459 e. The van der Waals surface area contributed by atoms with Gasteiger partial charge in [0.1, 0.15) is 11.3 Å². The molecule has 1 unspecified atom stereocenters. The fraction of sp³-hybridized carbons (Fsp3) is 0.318. The molecule has 1 aliphatic heterocycles. The molecule has 4 rings (SSSR count). The van der Waals surface area contributed by atoms with Crippen LogP contribution in [0.1, 0.15) is 18.7 Å². The molecule has 6 heteroatoms. The number of halogens is 1. The van der Waals surface area contributed by atoms with Crippen LogP contribution in [0.15, 0.2) is 59.0 Å². The zero-order chi connectivity index (χ0) is 19.5. The van der Waals surface area contributed by atoms with E-state index in [0.29, 0.717) is 6.54 Å². The Bertz CT molecular complexity index is 930. The summed E-state index contributed by atoms with van der Waals surface area (Å²) in [6.07, 6.45) is 0. The van der Waals surface area contributed by atoms with E-state index < -0.39 is 0 Å². The van der Waals surface area contributed by atoms with Gasteiger partial charge in [-0.2, -0.15) is 0 Å². The monoisotopic (exact) mass is 397 g/mol. The van der Waals surface area contributed by atoms with E-state index in [0.717, 1.165) is 53.6 Å². The molecule has 0 saturated carbocycles. The number of carbonyl (C=O) groups excluding carboxylic acids is 1. The van der Waals surface area contributed by atoms with Crippen molar-refractivity contribution < 1.29 is 9.21 Å². The molecule has 5 nitrogen and oxygen atoms in total. The Labute approximate surface area is 169 Å². The molecule has 1 aliphatic rings. The van der Waals surface area contributed by atoms with Crippen LogP contribution in [0.2, 0.25) is 5.02 Å². The molecule has 0 aliphatic carbocycles. The summed E-state index contributed by atoms with van der Waals surface area (Å²) in [5.74, 6) is 0.796. The zero-order valence-corrected chi connectivity index (χ0v) is 16.7. The second-order valence-corrected chi connectivity index (χ2v) is 7.66. The maximum Gasteiger partial charge on any atom is 0.234 e. The highest BCUT2D eigenvalue weighted by Crippen LogP contribution is 2.24. The minimum atomic E-state index is -0.160. The maximum absolute atomic E-state index is 12.5. The quantitative estimate of drug-likeness (QED) is 0.704. The SMILES string of the molecule is CC(NC(=O)CN1CCN(c2cccc(Cl)c2)CC1)c1cc2ccccc2o1. The molecule has 0 radical (unpaired) electrons. The number of hydrogen-bond donors (Lipinski definition) is 1. The topological polar surface area (TPSA) is 48.7 Å². The van der Waals surface area contributed by atoms with E-state index in [1.807, 2.05) is 55.5 Å². The van der Waals surface area contributed by atoms with Crippen molar-refractivity contribution in [2.24, 2.45) is 0 Å². The summed E-state index contributed by atoms with van der Waals surface area (Å²) < 4.78 is 5.85. The van der Waals surface area contributed by atoms with Gasteiger partial charge in [0.25, 0.3) is 0 Å². The highest BCUT2D eigenvalue weighted by Gasteiger charge is 2.21. The summed E-state index contributed by atoms with van der Waals surface area (Å²) in [6, 6.07) is 17.6. The Hall–Kier alpha value is -2.50. The molecule has 1 N–H and O–H groups in total. The number of nitrogens with zero attached hydrogens (tertiary/aromatic N) is 2. The summed E-state index contributed by atoms with van der Waals surface area (Å²) in [5, 5.41) is 4.85. The molecule has 3 aromatic rings. The Morgan fingerprint density at radius 2 is 1.89 bits per heavy atom. The molecule has 1 aromatic heterocycles. The van der Waals surface area contributed by atoms with Gasteiger partial charge in [0.15, 0.2) is 0 Å². The third-order valence-corrected chi connectivity index (χ3v) is 5.40. The number of piperazine rings is 1. The summed E-state index contributed by atoms with van der Waals surface area (Å²) in [7, 11) is 0. The van der Waals surface area contributed by atoms with Crippen molar-refractivity contribution in [3.05, 3.63) is 65.4 Å². The van der Waals surface area contributed by atoms with Crippen molar-refractivity contribution >= 4 is 34.2 Å². The van der Waals surface area contributed by atoms with Gasteiger partial charge >= 0.3 is 0 Å². The first-order chi connectivity index (χ1) is 13.6. The van der Waals surface area contributed by atoms with Crippen LogP contribution >= 0.6 is 11.6 Å². The van der Waals surface area contributed by atoms with Gasteiger partial charge in [0.2, 0.25) is 5.91 Å². The van der Waals surface area contributed by atoms with Gasteiger partial charge in [-0.15, -0.1) is 0 Å². The second kappa shape index (κ2) is 8.25. The molecule has 2 heterocycles. The molecule has 0 bridgehead atoms. The summed E-state index contributed by atoms with van der Waals surface area (Å²) in [4.78, 5) is 17.0. The van der Waals surface area contributed by atoms with E-state index in [-0.39, 0.29) is 11.9 Å². The fourth-order valence-electron chi connectivity index (χ4n) is 3.61. The number of furan rings is 1. The van der Waals surface area contributed by atoms with Crippen molar-refractivity contribution in [2.45, 2.75) is 13.0 Å². The van der Waals surface area contributed by atoms with E-state index in [1.165, 1.54) is 0 Å². The number of fused-ring (bicyclic) bond motifs is 1. The number of hydrogen-bond acceptors (Lipinski definition) is 4. The fourth-order valence-corrected chi connectivity index (χ4v) is 3.80. The molecular formula is C22H24ClN3O2. The van der Waals surface area contributed by atoms with Gasteiger partial charge in [-0.25, -0.2) is 0 Å². The average molecular weight is 398 g/mol. The molecular weight excluding hydrogens is 374 g/mol. The summed E-state index contributed by atoms with van der Waals surface area (Å²) in [6.45, 7) is 5.80. The normalized spacial score (nSPS) is 16.3. The van der Waals surface area contributed by atoms with E-state index in [9.17, 15) is 4.79 Å². The molecule has 1 fully saturated rings. The van der Waals surface area contributed by atoms with Crippen LogP contribution in [0.25, 0.3) is 11.0 Å². The molecule has 2 aromatic carbocycles. The van der Waals surface area contributed by atoms with Crippen LogP contribution in [0.3, 0.4) is 0 Å². The lowest BCUT2D eigenvalue weighted by atomic mass is 10.2. The van der Waals surface area contributed by atoms with Crippen molar-refractivity contribution in [1.29, 1.82) is 0 Å². The smallest absolute Gasteiger partial charge is 0.234 e. The number of carbonyl (C=O) groups is 1. The van der Waals surface area contributed by atoms with E-state index in [2.05, 4.69) is 21.2 Å². The summed E-state index contributed by atoms with van der Waals surface area (Å²) in [5.41, 5.74) is 1.98. The van der Waals surface area contributed by atoms with Crippen molar-refractivity contribution in [1.82, 2.24) is 10.2 Å². The predicted octanol–water partition coefficient (Wildman–Crippen LogP) is 4.09. The number of anilines is 1. The van der Waals surface area contributed by atoms with Crippen LogP contribution in [-0.2, 0) is 4.79 Å². The van der Waals surface area contributed by atoms with Crippen LogP contribution in [0, 0.1) is 0 Å². The lowest BCUT2D eigenvalue weighted by molar-refractivity contribution is -0.123. The predicted molar refractivity (Wildman–Crippen MR) is 113 cm³/mol. The third-order valence-electron chi connectivity index (χ3n) is 5.16. The second-order valence-electron chi connectivity index (χ2n) is 7.22. The Morgan fingerprint density at radius 1 is 1.11 bits per heavy atom. The number of amides is 1. The highest BCUT2D eigenvalue weighted by molar-refractivity contribution is 6.30. The Balaban J connectivity index is 1.28. The standard InChI is InChI=1S/C22H24ClN3O2/c1-16(21-13-17-5-2-3-8-20(17)28-21)24-22(27)15-25-9-11-26(12-10-25)19-7-4-6-18(23)14-19/h2-8,13-14,16H,9-12,15H2,1H3,(H,24,27). The van der Waals surface area contributed by atoms with E-state index in [4.69, 9.17) is 16.0 Å². The lowest BCUT2D eigenvalue weighted by Gasteiger charge is -2.35. The van der Waals surface area contributed by atoms with Gasteiger partial charge in [-0.05, 0) is 37.3 Å². The van der Waals surface area contributed by atoms with Crippen molar-refractivity contribution in [3.63, 3.8) is 0 Å². The van der Waals surface area contributed by atoms with E-state index in [1.54, 1.807) is 0 Å². The van der Waals surface area contributed by atoms with Crippen molar-refractivity contribution in [3.8, 4) is 0 Å². The van der Waals surface area contributed by atoms with Gasteiger partial charge < -0.3 is 14.6 Å². The molecule has 28 heavy (non-hydrogen) atoms. The number of rotatable bonds is 5.